The third-order valence-corrected chi connectivity index (χ3v) is 6.04. The predicted molar refractivity (Wildman–Crippen MR) is 99.0 cm³/mol. The molecular formula is C19H25BrN2O2. The maximum Gasteiger partial charge on any atom is 0.227 e. The van der Waals surface area contributed by atoms with Gasteiger partial charge in [-0.3, -0.25) is 9.59 Å². The number of nitrogens with zero attached hydrogens (tertiary/aromatic N) is 1. The molecule has 1 atom stereocenters. The van der Waals surface area contributed by atoms with Crippen LogP contribution in [0.4, 0.5) is 5.69 Å². The molecular weight excluding hydrogens is 368 g/mol. The minimum absolute atomic E-state index is 0.0396. The van der Waals surface area contributed by atoms with Crippen molar-refractivity contribution in [2.75, 3.05) is 11.4 Å². The van der Waals surface area contributed by atoms with E-state index in [1.165, 1.54) is 25.7 Å². The van der Waals surface area contributed by atoms with E-state index in [1.54, 1.807) is 4.90 Å². The van der Waals surface area contributed by atoms with Crippen LogP contribution in [0.25, 0.3) is 0 Å². The molecule has 0 radical (unpaired) electrons. The highest BCUT2D eigenvalue weighted by atomic mass is 79.9. The number of benzene rings is 1. The average Bonchev–Trinajstić information content (AvgIpc) is 2.77. The van der Waals surface area contributed by atoms with Gasteiger partial charge >= 0.3 is 0 Å². The van der Waals surface area contributed by atoms with Crippen LogP contribution in [0.5, 0.6) is 0 Å². The number of rotatable bonds is 3. The van der Waals surface area contributed by atoms with Crippen LogP contribution in [0.1, 0.15) is 50.5 Å². The maximum absolute atomic E-state index is 12.6. The fourth-order valence-corrected chi connectivity index (χ4v) is 3.92. The molecule has 1 heterocycles. The van der Waals surface area contributed by atoms with Gasteiger partial charge in [0.05, 0.1) is 5.92 Å². The van der Waals surface area contributed by atoms with Crippen molar-refractivity contribution >= 4 is 33.4 Å². The Morgan fingerprint density at radius 2 is 1.92 bits per heavy atom. The van der Waals surface area contributed by atoms with Crippen LogP contribution in [0.3, 0.4) is 0 Å². The second-order valence-electron chi connectivity index (χ2n) is 7.04. The van der Waals surface area contributed by atoms with Crippen molar-refractivity contribution in [3.05, 3.63) is 28.2 Å². The third-order valence-electron chi connectivity index (χ3n) is 5.15. The van der Waals surface area contributed by atoms with Crippen molar-refractivity contribution in [2.24, 2.45) is 5.92 Å². The number of hydrogen-bond acceptors (Lipinski definition) is 2. The molecule has 3 rings (SSSR count). The third kappa shape index (κ3) is 4.00. The van der Waals surface area contributed by atoms with Crippen molar-refractivity contribution in [1.82, 2.24) is 5.32 Å². The van der Waals surface area contributed by atoms with Crippen LogP contribution < -0.4 is 10.2 Å². The van der Waals surface area contributed by atoms with E-state index in [2.05, 4.69) is 21.2 Å². The number of aryl methyl sites for hydroxylation is 1. The summed E-state index contributed by atoms with van der Waals surface area (Å²) in [6.45, 7) is 2.49. The first kappa shape index (κ1) is 17.5. The molecule has 4 nitrogen and oxygen atoms in total. The van der Waals surface area contributed by atoms with Crippen LogP contribution in [-0.2, 0) is 9.59 Å². The molecule has 0 aromatic heterocycles. The highest BCUT2D eigenvalue weighted by molar-refractivity contribution is 9.10. The lowest BCUT2D eigenvalue weighted by atomic mass is 10.0. The first-order chi connectivity index (χ1) is 11.5. The molecule has 5 heteroatoms. The molecule has 0 bridgehead atoms. The van der Waals surface area contributed by atoms with Gasteiger partial charge in [-0.15, -0.1) is 0 Å². The summed E-state index contributed by atoms with van der Waals surface area (Å²) in [5.74, 6) is -0.144. The molecule has 1 aliphatic heterocycles. The highest BCUT2D eigenvalue weighted by Crippen LogP contribution is 2.29. The number of amides is 2. The topological polar surface area (TPSA) is 49.4 Å². The van der Waals surface area contributed by atoms with Gasteiger partial charge in [0.2, 0.25) is 11.8 Å². The molecule has 1 unspecified atom stereocenters. The Balaban J connectivity index is 1.63. The molecule has 0 spiro atoms. The SMILES string of the molecule is Cc1cc(N2CC(C(=O)NC3CCCCCC3)CC2=O)ccc1Br. The zero-order valence-electron chi connectivity index (χ0n) is 14.2. The second-order valence-corrected chi connectivity index (χ2v) is 7.89. The minimum Gasteiger partial charge on any atom is -0.353 e. The summed E-state index contributed by atoms with van der Waals surface area (Å²) in [6.07, 6.45) is 7.38. The number of halogens is 1. The molecule has 2 amide bonds. The van der Waals surface area contributed by atoms with Crippen molar-refractivity contribution in [3.63, 3.8) is 0 Å². The Morgan fingerprint density at radius 3 is 2.58 bits per heavy atom. The van der Waals surface area contributed by atoms with E-state index in [-0.39, 0.29) is 17.7 Å². The first-order valence-corrected chi connectivity index (χ1v) is 9.71. The lowest BCUT2D eigenvalue weighted by Gasteiger charge is -2.20. The van der Waals surface area contributed by atoms with Gasteiger partial charge in [-0.2, -0.15) is 0 Å². The van der Waals surface area contributed by atoms with Crippen molar-refractivity contribution < 1.29 is 9.59 Å². The predicted octanol–water partition coefficient (Wildman–Crippen LogP) is 3.95. The number of hydrogen-bond donors (Lipinski definition) is 1. The van der Waals surface area contributed by atoms with E-state index in [0.717, 1.165) is 28.6 Å². The Labute approximate surface area is 152 Å². The van der Waals surface area contributed by atoms with Gasteiger partial charge < -0.3 is 10.2 Å². The fraction of sp³-hybridized carbons (Fsp3) is 0.579. The smallest absolute Gasteiger partial charge is 0.227 e. The summed E-state index contributed by atoms with van der Waals surface area (Å²) >= 11 is 3.48. The molecule has 1 aromatic rings. The van der Waals surface area contributed by atoms with Gasteiger partial charge in [0.25, 0.3) is 0 Å². The summed E-state index contributed by atoms with van der Waals surface area (Å²) in [6, 6.07) is 6.17. The molecule has 2 fully saturated rings. The normalized spacial score (nSPS) is 22.5. The summed E-state index contributed by atoms with van der Waals surface area (Å²) in [7, 11) is 0. The molecule has 24 heavy (non-hydrogen) atoms. The van der Waals surface area contributed by atoms with Gasteiger partial charge in [-0.05, 0) is 43.5 Å². The van der Waals surface area contributed by atoms with Gasteiger partial charge in [0.15, 0.2) is 0 Å². The molecule has 1 aromatic carbocycles. The fourth-order valence-electron chi connectivity index (χ4n) is 3.67. The summed E-state index contributed by atoms with van der Waals surface area (Å²) in [5, 5.41) is 3.19. The van der Waals surface area contributed by atoms with Crippen LogP contribution in [0.2, 0.25) is 0 Å². The van der Waals surface area contributed by atoms with Crippen molar-refractivity contribution in [1.29, 1.82) is 0 Å². The van der Waals surface area contributed by atoms with Crippen LogP contribution in [-0.4, -0.2) is 24.4 Å². The van der Waals surface area contributed by atoms with Crippen LogP contribution in [0.15, 0.2) is 22.7 Å². The molecule has 1 saturated carbocycles. The number of anilines is 1. The largest absolute Gasteiger partial charge is 0.353 e. The number of carbonyl (C=O) groups excluding carboxylic acids is 2. The summed E-state index contributed by atoms with van der Waals surface area (Å²) in [5.41, 5.74) is 1.97. The Hall–Kier alpha value is -1.36. The minimum atomic E-state index is -0.232. The van der Waals surface area contributed by atoms with Gasteiger partial charge in [0.1, 0.15) is 0 Å². The van der Waals surface area contributed by atoms with Gasteiger partial charge in [-0.1, -0.05) is 41.6 Å². The summed E-state index contributed by atoms with van der Waals surface area (Å²) in [4.78, 5) is 26.7. The molecule has 1 saturated heterocycles. The van der Waals surface area contributed by atoms with Crippen molar-refractivity contribution in [2.45, 2.75) is 57.9 Å². The van der Waals surface area contributed by atoms with Crippen LogP contribution in [0, 0.1) is 12.8 Å². The average molecular weight is 393 g/mol. The molecule has 1 N–H and O–H groups in total. The number of carbonyl (C=O) groups is 2. The zero-order chi connectivity index (χ0) is 17.1. The van der Waals surface area contributed by atoms with E-state index >= 15 is 0 Å². The highest BCUT2D eigenvalue weighted by Gasteiger charge is 2.35. The van der Waals surface area contributed by atoms with Crippen molar-refractivity contribution in [3.8, 4) is 0 Å². The Kier molecular flexibility index (Phi) is 5.59. The monoisotopic (exact) mass is 392 g/mol. The lowest BCUT2D eigenvalue weighted by molar-refractivity contribution is -0.127. The maximum atomic E-state index is 12.6. The summed E-state index contributed by atoms with van der Waals surface area (Å²) < 4.78 is 1.03. The standard InChI is InChI=1S/C19H25BrN2O2/c1-13-10-16(8-9-17(13)20)22-12-14(11-18(22)23)19(24)21-15-6-4-2-3-5-7-15/h8-10,14-15H,2-7,11-12H2,1H3,(H,21,24). The zero-order valence-corrected chi connectivity index (χ0v) is 15.8. The second kappa shape index (κ2) is 7.68. The van der Waals surface area contributed by atoms with Crippen LogP contribution >= 0.6 is 15.9 Å². The van der Waals surface area contributed by atoms with E-state index in [9.17, 15) is 9.59 Å². The number of nitrogens with one attached hydrogen (secondary N) is 1. The lowest BCUT2D eigenvalue weighted by Crippen LogP contribution is -2.39. The van der Waals surface area contributed by atoms with E-state index in [1.807, 2.05) is 25.1 Å². The van der Waals surface area contributed by atoms with Gasteiger partial charge in [0, 0.05) is 29.2 Å². The molecule has 130 valence electrons. The van der Waals surface area contributed by atoms with E-state index in [4.69, 9.17) is 0 Å². The molecule has 2 aliphatic rings. The molecule has 1 aliphatic carbocycles. The first-order valence-electron chi connectivity index (χ1n) is 8.91. The quantitative estimate of drug-likeness (QED) is 0.791. The Bertz CT molecular complexity index is 624. The Morgan fingerprint density at radius 1 is 1.21 bits per heavy atom. The van der Waals surface area contributed by atoms with E-state index in [0.29, 0.717) is 19.0 Å². The van der Waals surface area contributed by atoms with Gasteiger partial charge in [-0.25, -0.2) is 0 Å². The van der Waals surface area contributed by atoms with E-state index < -0.39 is 0 Å².